The monoisotopic (exact) mass is 848 g/mol. The van der Waals surface area contributed by atoms with Crippen LogP contribution in [0.2, 0.25) is 0 Å². The van der Waals surface area contributed by atoms with Crippen molar-refractivity contribution in [2.75, 3.05) is 6.26 Å². The lowest BCUT2D eigenvalue weighted by atomic mass is 10.1. The van der Waals surface area contributed by atoms with Crippen LogP contribution in [0.3, 0.4) is 0 Å². The predicted molar refractivity (Wildman–Crippen MR) is 221 cm³/mol. The van der Waals surface area contributed by atoms with Crippen molar-refractivity contribution >= 4 is 43.6 Å². The summed E-state index contributed by atoms with van der Waals surface area (Å²) in [4.78, 5) is 45.8. The van der Waals surface area contributed by atoms with E-state index in [1.807, 2.05) is 6.07 Å². The van der Waals surface area contributed by atoms with Crippen molar-refractivity contribution in [3.63, 3.8) is 0 Å². The summed E-state index contributed by atoms with van der Waals surface area (Å²) in [6.45, 7) is 16.5. The minimum absolute atomic E-state index is 0.0768. The predicted octanol–water partition coefficient (Wildman–Crippen LogP) is 7.09. The van der Waals surface area contributed by atoms with Crippen molar-refractivity contribution in [3.8, 4) is 0 Å². The van der Waals surface area contributed by atoms with Gasteiger partial charge in [0.15, 0.2) is 19.7 Å². The fourth-order valence-corrected chi connectivity index (χ4v) is 8.69. The van der Waals surface area contributed by atoms with E-state index in [1.165, 1.54) is 20.8 Å². The van der Waals surface area contributed by atoms with Crippen LogP contribution >= 0.6 is 0 Å². The molecule has 322 valence electrons. The van der Waals surface area contributed by atoms with Crippen molar-refractivity contribution < 1.29 is 60.4 Å². The number of aliphatic hydroxyl groups excluding tert-OH is 1. The van der Waals surface area contributed by atoms with Crippen molar-refractivity contribution in [3.05, 3.63) is 102 Å². The number of benzene rings is 3. The quantitative estimate of drug-likeness (QED) is 0.123. The fourth-order valence-electron chi connectivity index (χ4n) is 5.42. The number of carboxylic acid groups (broad SMARTS) is 1. The second-order valence-electron chi connectivity index (χ2n) is 16.0. The number of sulfone groups is 2. The number of ether oxygens (including phenoxy) is 3. The molecule has 3 aromatic carbocycles. The Morgan fingerprint density at radius 3 is 1.31 bits per heavy atom. The Bertz CT molecular complexity index is 1970. The average Bonchev–Trinajstić information content (AvgIpc) is 3.07. The molecular weight excluding hydrogens is 789 g/mol. The number of carbonyl (C=O) groups excluding carboxylic acids is 3. The Morgan fingerprint density at radius 1 is 0.603 bits per heavy atom. The molecule has 3 aromatic rings. The Hall–Kier alpha value is -4.60. The van der Waals surface area contributed by atoms with Gasteiger partial charge in [-0.2, -0.15) is 0 Å². The third kappa shape index (κ3) is 18.8. The summed E-state index contributed by atoms with van der Waals surface area (Å²) < 4.78 is 65.1. The van der Waals surface area contributed by atoms with Crippen LogP contribution in [0.4, 0.5) is 0 Å². The number of esters is 3. The van der Waals surface area contributed by atoms with Gasteiger partial charge >= 0.3 is 23.9 Å². The minimum Gasteiger partial charge on any atom is -0.481 e. The standard InChI is InChI=1S/C19H28O6S.C15H16O3S.C9H16O4/c1-13(12-16(20)25-19(3,4)5)18(21)24-14(2)17(26(6,22)23)15-10-8-7-9-11-15;1-12(16)15(13-8-4-2-5-9-13)19(17,18)14-10-6-3-7-11-14;1-6(8(11)12)5-7(10)13-9(2,3)4/h7-11,13-14,17H,12H2,1-6H3;2-12,15-16H,1H3;6H,5H2,1-4H3,(H,11,12)/t13-,14+,17+;12-,15-;6-/m101/s1. The second kappa shape index (κ2) is 22.5. The Balaban J connectivity index is 0.000000462. The SMILES string of the molecule is C[C@H](CC(=O)OC(C)(C)C)C(=O)O.C[C@H](CC(=O)OC(C)(C)C)C(=O)O[C@@H](C)[C@@H](c1ccccc1)S(C)(=O)=O.C[C@H](O)[C@@H](c1ccccc1)S(=O)(=O)c1ccccc1. The first-order chi connectivity index (χ1) is 26.6. The number of aliphatic carboxylic acids is 1. The van der Waals surface area contributed by atoms with Crippen molar-refractivity contribution in [1.82, 2.24) is 0 Å². The molecule has 2 N–H and O–H groups in total. The molecule has 0 saturated carbocycles. The lowest BCUT2D eigenvalue weighted by Gasteiger charge is -2.25. The van der Waals surface area contributed by atoms with E-state index >= 15 is 0 Å². The number of rotatable bonds is 14. The molecule has 0 aliphatic rings. The summed E-state index contributed by atoms with van der Waals surface area (Å²) in [6, 6.07) is 25.6. The van der Waals surface area contributed by atoms with Crippen LogP contribution in [0.1, 0.15) is 104 Å². The van der Waals surface area contributed by atoms with E-state index in [4.69, 9.17) is 19.3 Å². The van der Waals surface area contributed by atoms with E-state index in [1.54, 1.807) is 133 Å². The first-order valence-electron chi connectivity index (χ1n) is 18.7. The highest BCUT2D eigenvalue weighted by atomic mass is 32.2. The molecule has 0 amide bonds. The van der Waals surface area contributed by atoms with Gasteiger partial charge in [-0.15, -0.1) is 0 Å². The smallest absolute Gasteiger partial charge is 0.309 e. The molecular formula is C43H60O13S2. The molecule has 13 nitrogen and oxygen atoms in total. The van der Waals surface area contributed by atoms with E-state index in [0.29, 0.717) is 11.1 Å². The molecule has 15 heteroatoms. The lowest BCUT2D eigenvalue weighted by molar-refractivity contribution is -0.163. The van der Waals surface area contributed by atoms with Gasteiger partial charge < -0.3 is 24.4 Å². The van der Waals surface area contributed by atoms with Crippen LogP contribution in [-0.4, -0.2) is 80.6 Å². The number of aliphatic hydroxyl groups is 1. The minimum atomic E-state index is -3.60. The maximum absolute atomic E-state index is 12.6. The Kier molecular flexibility index (Phi) is 20.0. The van der Waals surface area contributed by atoms with Gasteiger partial charge in [0.05, 0.1) is 35.7 Å². The molecule has 6 atom stereocenters. The molecule has 0 bridgehead atoms. The van der Waals surface area contributed by atoms with Gasteiger partial charge in [-0.1, -0.05) is 92.7 Å². The molecule has 0 aromatic heterocycles. The second-order valence-corrected chi connectivity index (χ2v) is 20.2. The number of hydrogen-bond donors (Lipinski definition) is 2. The van der Waals surface area contributed by atoms with Gasteiger partial charge in [-0.25, -0.2) is 16.8 Å². The van der Waals surface area contributed by atoms with E-state index in [2.05, 4.69) is 0 Å². The molecule has 3 rings (SSSR count). The summed E-state index contributed by atoms with van der Waals surface area (Å²) in [7, 11) is -7.11. The molecule has 0 unspecified atom stereocenters. The Morgan fingerprint density at radius 2 is 0.966 bits per heavy atom. The largest absolute Gasteiger partial charge is 0.481 e. The van der Waals surface area contributed by atoms with Crippen LogP contribution in [0.25, 0.3) is 0 Å². The molecule has 0 aliphatic heterocycles. The van der Waals surface area contributed by atoms with Crippen LogP contribution in [0.5, 0.6) is 0 Å². The van der Waals surface area contributed by atoms with Gasteiger partial charge in [0, 0.05) is 6.26 Å². The third-order valence-electron chi connectivity index (χ3n) is 7.90. The summed E-state index contributed by atoms with van der Waals surface area (Å²) in [6.07, 6.45) is -0.961. The molecule has 0 heterocycles. The average molecular weight is 849 g/mol. The summed E-state index contributed by atoms with van der Waals surface area (Å²) >= 11 is 0. The summed E-state index contributed by atoms with van der Waals surface area (Å²) in [5.41, 5.74) is -0.0331. The zero-order valence-corrected chi connectivity index (χ0v) is 36.9. The maximum Gasteiger partial charge on any atom is 0.309 e. The molecule has 58 heavy (non-hydrogen) atoms. The topological polar surface area (TPSA) is 205 Å². The highest BCUT2D eigenvalue weighted by Crippen LogP contribution is 2.32. The van der Waals surface area contributed by atoms with E-state index in [0.717, 1.165) is 6.26 Å². The van der Waals surface area contributed by atoms with Gasteiger partial charge in [0.25, 0.3) is 0 Å². The highest BCUT2D eigenvalue weighted by molar-refractivity contribution is 7.91. The van der Waals surface area contributed by atoms with Crippen LogP contribution < -0.4 is 0 Å². The van der Waals surface area contributed by atoms with Crippen molar-refractivity contribution in [2.45, 2.75) is 121 Å². The van der Waals surface area contributed by atoms with Gasteiger partial charge in [-0.05, 0) is 78.6 Å². The number of hydrogen-bond acceptors (Lipinski definition) is 12. The van der Waals surface area contributed by atoms with E-state index in [9.17, 15) is 41.1 Å². The molecule has 0 aliphatic carbocycles. The number of carbonyl (C=O) groups is 4. The van der Waals surface area contributed by atoms with Crippen LogP contribution in [-0.2, 0) is 53.1 Å². The van der Waals surface area contributed by atoms with Crippen molar-refractivity contribution in [2.24, 2.45) is 11.8 Å². The molecule has 0 saturated heterocycles. The Labute approximate surface area is 344 Å². The molecule has 0 spiro atoms. The van der Waals surface area contributed by atoms with Gasteiger partial charge in [0.2, 0.25) is 0 Å². The molecule has 0 radical (unpaired) electrons. The van der Waals surface area contributed by atoms with Crippen molar-refractivity contribution in [1.29, 1.82) is 0 Å². The zero-order valence-electron chi connectivity index (χ0n) is 35.2. The van der Waals surface area contributed by atoms with Gasteiger partial charge in [-0.3, -0.25) is 19.2 Å². The van der Waals surface area contributed by atoms with Crippen LogP contribution in [0, 0.1) is 11.8 Å². The normalized spacial score (nSPS) is 14.9. The first-order valence-corrected chi connectivity index (χ1v) is 22.2. The number of carboxylic acids is 1. The summed E-state index contributed by atoms with van der Waals surface area (Å²) in [5, 5.41) is 16.5. The van der Waals surface area contributed by atoms with Crippen LogP contribution in [0.15, 0.2) is 95.9 Å². The third-order valence-corrected chi connectivity index (χ3v) is 11.7. The zero-order chi connectivity index (χ0) is 44.6. The van der Waals surface area contributed by atoms with E-state index < -0.39 is 89.3 Å². The maximum atomic E-state index is 12.6. The highest BCUT2D eigenvalue weighted by Gasteiger charge is 2.34. The fraction of sp³-hybridized carbons (Fsp3) is 0.488. The first kappa shape index (κ1) is 51.4. The molecule has 0 fully saturated rings. The summed E-state index contributed by atoms with van der Waals surface area (Å²) in [5.74, 6) is -4.00. The van der Waals surface area contributed by atoms with E-state index in [-0.39, 0.29) is 17.7 Å². The lowest BCUT2D eigenvalue weighted by Crippen LogP contribution is -2.32. The van der Waals surface area contributed by atoms with Gasteiger partial charge in [0.1, 0.15) is 27.8 Å².